The van der Waals surface area contributed by atoms with Gasteiger partial charge < -0.3 is 30.1 Å². The van der Waals surface area contributed by atoms with Crippen molar-refractivity contribution in [3.05, 3.63) is 0 Å². The fourth-order valence-corrected chi connectivity index (χ4v) is 6.02. The lowest BCUT2D eigenvalue weighted by Crippen LogP contribution is -2.56. The molecule has 10 heteroatoms. The van der Waals surface area contributed by atoms with Crippen molar-refractivity contribution in [3.8, 4) is 0 Å². The first-order chi connectivity index (χ1) is 14.9. The second-order valence-corrected chi connectivity index (χ2v) is 9.20. The molecule has 31 heavy (non-hydrogen) atoms. The van der Waals surface area contributed by atoms with E-state index in [1.165, 1.54) is 4.90 Å². The van der Waals surface area contributed by atoms with Crippen molar-refractivity contribution in [1.82, 2.24) is 20.4 Å². The standard InChI is InChI=1S/C21H34N4O6/c1-20-4-5-21(31-20)15(14(20)17(27)22-2)19(29)25(7-3-11-26)16(21)18(28)23-6-8-24-9-12-30-13-10-24/h14-16,26H,3-13H2,1-2H3,(H,22,27)(H,23,28)/t14-,15+,16?,20+,21?/m1/s1. The van der Waals surface area contributed by atoms with Gasteiger partial charge in [-0.3, -0.25) is 19.3 Å². The molecule has 10 nitrogen and oxygen atoms in total. The van der Waals surface area contributed by atoms with Gasteiger partial charge in [0.1, 0.15) is 11.6 Å². The quantitative estimate of drug-likeness (QED) is 0.414. The number of likely N-dealkylation sites (tertiary alicyclic amines) is 1. The van der Waals surface area contributed by atoms with Crippen LogP contribution in [0.4, 0.5) is 0 Å². The fourth-order valence-electron chi connectivity index (χ4n) is 6.02. The Morgan fingerprint density at radius 3 is 2.61 bits per heavy atom. The molecule has 5 atom stereocenters. The third-order valence-electron chi connectivity index (χ3n) is 7.44. The maximum absolute atomic E-state index is 13.5. The molecule has 0 radical (unpaired) electrons. The van der Waals surface area contributed by atoms with Gasteiger partial charge in [-0.1, -0.05) is 0 Å². The molecule has 174 valence electrons. The number of hydrogen-bond donors (Lipinski definition) is 3. The van der Waals surface area contributed by atoms with Gasteiger partial charge in [-0.2, -0.15) is 0 Å². The first kappa shape index (κ1) is 22.4. The molecule has 2 unspecified atom stereocenters. The molecule has 0 aromatic carbocycles. The Kier molecular flexibility index (Phi) is 6.26. The number of ether oxygens (including phenoxy) is 2. The van der Waals surface area contributed by atoms with Gasteiger partial charge in [0, 0.05) is 46.4 Å². The molecule has 0 saturated carbocycles. The van der Waals surface area contributed by atoms with E-state index in [4.69, 9.17) is 9.47 Å². The Morgan fingerprint density at radius 2 is 1.94 bits per heavy atom. The van der Waals surface area contributed by atoms with Crippen LogP contribution in [0.1, 0.15) is 26.2 Å². The van der Waals surface area contributed by atoms with Crippen molar-refractivity contribution in [2.24, 2.45) is 11.8 Å². The number of nitrogens with one attached hydrogen (secondary N) is 2. The summed E-state index contributed by atoms with van der Waals surface area (Å²) in [6, 6.07) is -0.794. The van der Waals surface area contributed by atoms with Gasteiger partial charge in [-0.05, 0) is 26.2 Å². The highest BCUT2D eigenvalue weighted by Crippen LogP contribution is 2.63. The molecule has 4 rings (SSSR count). The number of aliphatic hydroxyl groups is 1. The minimum Gasteiger partial charge on any atom is -0.396 e. The molecule has 4 heterocycles. The van der Waals surface area contributed by atoms with E-state index >= 15 is 0 Å². The van der Waals surface area contributed by atoms with Gasteiger partial charge in [-0.15, -0.1) is 0 Å². The largest absolute Gasteiger partial charge is 0.396 e. The molecule has 3 amide bonds. The van der Waals surface area contributed by atoms with Crippen LogP contribution in [0.15, 0.2) is 0 Å². The van der Waals surface area contributed by atoms with E-state index in [9.17, 15) is 19.5 Å². The van der Waals surface area contributed by atoms with Crippen LogP contribution in [0.3, 0.4) is 0 Å². The second-order valence-electron chi connectivity index (χ2n) is 9.20. The summed E-state index contributed by atoms with van der Waals surface area (Å²) < 4.78 is 11.8. The lowest BCUT2D eigenvalue weighted by Gasteiger charge is -2.33. The summed E-state index contributed by atoms with van der Waals surface area (Å²) in [5.74, 6) is -2.00. The average molecular weight is 439 g/mol. The highest BCUT2D eigenvalue weighted by Gasteiger charge is 2.77. The molecule has 0 aromatic heterocycles. The maximum Gasteiger partial charge on any atom is 0.245 e. The number of carbonyl (C=O) groups is 3. The van der Waals surface area contributed by atoms with E-state index in [1.54, 1.807) is 7.05 Å². The SMILES string of the molecule is CNC(=O)[C@H]1[C@H]2C(=O)N(CCCO)C(C(=O)NCCN3CCOCC3)C23CC[C@]1(C)O3. The van der Waals surface area contributed by atoms with Crippen LogP contribution >= 0.6 is 0 Å². The molecular weight excluding hydrogens is 404 g/mol. The number of carbonyl (C=O) groups excluding carboxylic acids is 3. The molecule has 1 spiro atoms. The van der Waals surface area contributed by atoms with E-state index < -0.39 is 29.1 Å². The van der Waals surface area contributed by atoms with Crippen molar-refractivity contribution >= 4 is 17.7 Å². The summed E-state index contributed by atoms with van der Waals surface area (Å²) >= 11 is 0. The van der Waals surface area contributed by atoms with E-state index in [0.717, 1.165) is 13.1 Å². The van der Waals surface area contributed by atoms with Crippen LogP contribution < -0.4 is 10.6 Å². The predicted octanol–water partition coefficient (Wildman–Crippen LogP) is -1.67. The molecule has 4 aliphatic heterocycles. The Labute approximate surface area is 182 Å². The lowest BCUT2D eigenvalue weighted by molar-refractivity contribution is -0.146. The Bertz CT molecular complexity index is 729. The number of nitrogens with zero attached hydrogens (tertiary/aromatic N) is 2. The smallest absolute Gasteiger partial charge is 0.245 e. The predicted molar refractivity (Wildman–Crippen MR) is 110 cm³/mol. The van der Waals surface area contributed by atoms with Gasteiger partial charge in [-0.25, -0.2) is 0 Å². The first-order valence-electron chi connectivity index (χ1n) is 11.3. The molecule has 0 aromatic rings. The second kappa shape index (κ2) is 8.65. The van der Waals surface area contributed by atoms with Crippen molar-refractivity contribution in [3.63, 3.8) is 0 Å². The third kappa shape index (κ3) is 3.63. The highest BCUT2D eigenvalue weighted by atomic mass is 16.5. The summed E-state index contributed by atoms with van der Waals surface area (Å²) in [6.45, 7) is 6.29. The summed E-state index contributed by atoms with van der Waals surface area (Å²) in [4.78, 5) is 43.3. The maximum atomic E-state index is 13.5. The molecule has 4 saturated heterocycles. The Hall–Kier alpha value is -1.75. The van der Waals surface area contributed by atoms with E-state index in [0.29, 0.717) is 45.6 Å². The normalized spacial score (nSPS) is 37.2. The third-order valence-corrected chi connectivity index (χ3v) is 7.44. The lowest BCUT2D eigenvalue weighted by atomic mass is 9.66. The summed E-state index contributed by atoms with van der Waals surface area (Å²) in [5, 5.41) is 15.0. The zero-order valence-corrected chi connectivity index (χ0v) is 18.4. The average Bonchev–Trinajstić information content (AvgIpc) is 3.33. The van der Waals surface area contributed by atoms with Crippen molar-refractivity contribution in [2.45, 2.75) is 43.4 Å². The molecule has 4 fully saturated rings. The number of amides is 3. The van der Waals surface area contributed by atoms with Crippen LogP contribution in [0, 0.1) is 11.8 Å². The molecule has 2 bridgehead atoms. The van der Waals surface area contributed by atoms with Crippen molar-refractivity contribution in [2.75, 3.05) is 59.6 Å². The van der Waals surface area contributed by atoms with Crippen LogP contribution in [0.25, 0.3) is 0 Å². The molecular formula is C21H34N4O6. The van der Waals surface area contributed by atoms with E-state index in [2.05, 4.69) is 15.5 Å². The van der Waals surface area contributed by atoms with Gasteiger partial charge in [0.25, 0.3) is 0 Å². The number of hydrogen-bond acceptors (Lipinski definition) is 7. The van der Waals surface area contributed by atoms with Crippen LogP contribution in [0.5, 0.6) is 0 Å². The zero-order chi connectivity index (χ0) is 22.2. The van der Waals surface area contributed by atoms with E-state index in [-0.39, 0.29) is 30.9 Å². The summed E-state index contributed by atoms with van der Waals surface area (Å²) in [6.07, 6.45) is 1.55. The summed E-state index contributed by atoms with van der Waals surface area (Å²) in [5.41, 5.74) is -1.75. The Morgan fingerprint density at radius 1 is 1.19 bits per heavy atom. The van der Waals surface area contributed by atoms with E-state index in [1.807, 2.05) is 6.92 Å². The molecule has 3 N–H and O–H groups in total. The van der Waals surface area contributed by atoms with Crippen molar-refractivity contribution in [1.29, 1.82) is 0 Å². The molecule has 4 aliphatic rings. The number of aliphatic hydroxyl groups excluding tert-OH is 1. The van der Waals surface area contributed by atoms with Crippen LogP contribution in [-0.2, 0) is 23.9 Å². The van der Waals surface area contributed by atoms with Crippen LogP contribution in [0.2, 0.25) is 0 Å². The fraction of sp³-hybridized carbons (Fsp3) is 0.857. The van der Waals surface area contributed by atoms with Gasteiger partial charge >= 0.3 is 0 Å². The minimum absolute atomic E-state index is 0.0791. The van der Waals surface area contributed by atoms with Crippen LogP contribution in [-0.4, -0.2) is 109 Å². The monoisotopic (exact) mass is 438 g/mol. The number of morpholine rings is 1. The van der Waals surface area contributed by atoms with Gasteiger partial charge in [0.15, 0.2) is 0 Å². The highest BCUT2D eigenvalue weighted by molar-refractivity contribution is 5.99. The van der Waals surface area contributed by atoms with Gasteiger partial charge in [0.2, 0.25) is 17.7 Å². The summed E-state index contributed by atoms with van der Waals surface area (Å²) in [7, 11) is 1.56. The Balaban J connectivity index is 1.54. The van der Waals surface area contributed by atoms with Crippen molar-refractivity contribution < 1.29 is 29.0 Å². The number of rotatable bonds is 8. The molecule has 0 aliphatic carbocycles. The topological polar surface area (TPSA) is 120 Å². The first-order valence-corrected chi connectivity index (χ1v) is 11.3. The minimum atomic E-state index is -0.998. The van der Waals surface area contributed by atoms with Gasteiger partial charge in [0.05, 0.1) is 30.7 Å². The zero-order valence-electron chi connectivity index (χ0n) is 18.4. The number of fused-ring (bicyclic) bond motifs is 1.